The van der Waals surface area contributed by atoms with E-state index in [1.54, 1.807) is 18.2 Å². The summed E-state index contributed by atoms with van der Waals surface area (Å²) >= 11 is 0. The molecule has 2 heteroatoms. The summed E-state index contributed by atoms with van der Waals surface area (Å²) in [5.41, 5.74) is 7.12. The van der Waals surface area contributed by atoms with E-state index in [0.717, 1.165) is 0 Å². The summed E-state index contributed by atoms with van der Waals surface area (Å²) in [7, 11) is 0. The van der Waals surface area contributed by atoms with Gasteiger partial charge in [-0.1, -0.05) is 31.4 Å². The number of nitrogen functional groups attached to an aromatic ring is 1. The van der Waals surface area contributed by atoms with Crippen molar-refractivity contribution in [2.75, 3.05) is 5.73 Å². The number of nitrogens with two attached hydrogens (primary N) is 1. The maximum atomic E-state index is 12.8. The first-order valence-corrected chi connectivity index (χ1v) is 3.52. The summed E-state index contributed by atoms with van der Waals surface area (Å²) in [4.78, 5) is 0. The molecule has 0 atom stereocenters. The Morgan fingerprint density at radius 2 is 2.17 bits per heavy atom. The molecule has 12 heavy (non-hydrogen) atoms. The lowest BCUT2D eigenvalue weighted by Gasteiger charge is -2.05. The maximum absolute atomic E-state index is 12.8. The smallest absolute Gasteiger partial charge is 0.123 e. The van der Waals surface area contributed by atoms with E-state index in [1.165, 1.54) is 6.08 Å². The van der Waals surface area contributed by atoms with Crippen molar-refractivity contribution in [3.63, 3.8) is 0 Å². The van der Waals surface area contributed by atoms with E-state index in [-0.39, 0.29) is 0 Å². The van der Waals surface area contributed by atoms with Crippen molar-refractivity contribution in [2.24, 2.45) is 0 Å². The molecular weight excluding hydrogens is 153 g/mol. The van der Waals surface area contributed by atoms with Gasteiger partial charge in [0.25, 0.3) is 0 Å². The van der Waals surface area contributed by atoms with Crippen molar-refractivity contribution in [3.05, 3.63) is 42.5 Å². The zero-order chi connectivity index (χ0) is 9.14. The molecule has 0 saturated heterocycles. The van der Waals surface area contributed by atoms with Crippen LogP contribution in [0.15, 0.2) is 31.4 Å². The second-order valence-corrected chi connectivity index (χ2v) is 2.42. The highest BCUT2D eigenvalue weighted by atomic mass is 19.1. The van der Waals surface area contributed by atoms with Crippen molar-refractivity contribution in [1.82, 2.24) is 0 Å². The first-order chi connectivity index (χ1) is 5.66. The van der Waals surface area contributed by atoms with Crippen LogP contribution < -0.4 is 5.73 Å². The van der Waals surface area contributed by atoms with Gasteiger partial charge in [0, 0.05) is 16.8 Å². The highest BCUT2D eigenvalue weighted by molar-refractivity contribution is 5.76. The molecule has 0 aliphatic carbocycles. The molecule has 0 spiro atoms. The molecule has 0 bridgehead atoms. The van der Waals surface area contributed by atoms with E-state index in [0.29, 0.717) is 16.8 Å². The van der Waals surface area contributed by atoms with Gasteiger partial charge >= 0.3 is 0 Å². The Labute approximate surface area is 71.0 Å². The highest BCUT2D eigenvalue weighted by Gasteiger charge is 2.04. The number of rotatable bonds is 2. The minimum absolute atomic E-state index is 0.407. The summed E-state index contributed by atoms with van der Waals surface area (Å²) in [5.74, 6) is -0.489. The standard InChI is InChI=1S/C10H10FN/c1-3-8-9(7(2)11)5-4-6-10(8)12/h3-6H,1-2,12H2. The Balaban J connectivity index is 3.37. The quantitative estimate of drug-likeness (QED) is 0.666. The lowest BCUT2D eigenvalue weighted by Crippen LogP contribution is -1.92. The van der Waals surface area contributed by atoms with Crippen LogP contribution in [0.25, 0.3) is 11.9 Å². The van der Waals surface area contributed by atoms with Gasteiger partial charge in [-0.2, -0.15) is 0 Å². The van der Waals surface area contributed by atoms with Gasteiger partial charge in [-0.25, -0.2) is 4.39 Å². The third-order valence-corrected chi connectivity index (χ3v) is 1.64. The molecule has 0 unspecified atom stereocenters. The van der Waals surface area contributed by atoms with E-state index in [9.17, 15) is 4.39 Å². The van der Waals surface area contributed by atoms with Crippen LogP contribution in [0.2, 0.25) is 0 Å². The Morgan fingerprint density at radius 3 is 2.58 bits per heavy atom. The third kappa shape index (κ3) is 1.37. The fourth-order valence-corrected chi connectivity index (χ4v) is 1.05. The molecule has 62 valence electrons. The first-order valence-electron chi connectivity index (χ1n) is 3.52. The minimum atomic E-state index is -0.489. The van der Waals surface area contributed by atoms with Gasteiger partial charge in [-0.05, 0) is 6.07 Å². The predicted octanol–water partition coefficient (Wildman–Crippen LogP) is 2.85. The molecule has 0 fully saturated rings. The zero-order valence-corrected chi connectivity index (χ0v) is 6.68. The van der Waals surface area contributed by atoms with Crippen LogP contribution in [0, 0.1) is 0 Å². The zero-order valence-electron chi connectivity index (χ0n) is 6.68. The molecule has 1 rings (SSSR count). The van der Waals surface area contributed by atoms with Gasteiger partial charge < -0.3 is 5.73 Å². The Hall–Kier alpha value is -1.57. The number of halogens is 1. The third-order valence-electron chi connectivity index (χ3n) is 1.64. The molecule has 1 aromatic carbocycles. The molecular formula is C10H10FN. The number of hydrogen-bond acceptors (Lipinski definition) is 1. The number of hydrogen-bond donors (Lipinski definition) is 1. The number of benzene rings is 1. The molecule has 0 saturated carbocycles. The number of anilines is 1. The molecule has 0 aliphatic heterocycles. The van der Waals surface area contributed by atoms with Gasteiger partial charge in [-0.3, -0.25) is 0 Å². The molecule has 0 radical (unpaired) electrons. The molecule has 0 heterocycles. The Bertz CT molecular complexity index is 329. The first kappa shape index (κ1) is 8.53. The van der Waals surface area contributed by atoms with E-state index >= 15 is 0 Å². The van der Waals surface area contributed by atoms with Crippen molar-refractivity contribution in [3.8, 4) is 0 Å². The van der Waals surface area contributed by atoms with Crippen molar-refractivity contribution >= 4 is 17.6 Å². The highest BCUT2D eigenvalue weighted by Crippen LogP contribution is 2.24. The molecule has 0 aromatic heterocycles. The topological polar surface area (TPSA) is 26.0 Å². The van der Waals surface area contributed by atoms with Crippen molar-refractivity contribution in [1.29, 1.82) is 0 Å². The average Bonchev–Trinajstić information content (AvgIpc) is 2.03. The van der Waals surface area contributed by atoms with Gasteiger partial charge in [0.2, 0.25) is 0 Å². The summed E-state index contributed by atoms with van der Waals surface area (Å²) in [6.07, 6.45) is 1.52. The van der Waals surface area contributed by atoms with Gasteiger partial charge in [0.1, 0.15) is 5.83 Å². The maximum Gasteiger partial charge on any atom is 0.123 e. The van der Waals surface area contributed by atoms with E-state index < -0.39 is 5.83 Å². The van der Waals surface area contributed by atoms with Crippen LogP contribution in [-0.2, 0) is 0 Å². The predicted molar refractivity (Wildman–Crippen MR) is 51.1 cm³/mol. The Morgan fingerprint density at radius 1 is 1.50 bits per heavy atom. The molecule has 2 N–H and O–H groups in total. The van der Waals surface area contributed by atoms with E-state index in [2.05, 4.69) is 13.2 Å². The second-order valence-electron chi connectivity index (χ2n) is 2.42. The summed E-state index contributed by atoms with van der Waals surface area (Å²) in [5, 5.41) is 0. The van der Waals surface area contributed by atoms with Crippen LogP contribution in [0.1, 0.15) is 11.1 Å². The lowest BCUT2D eigenvalue weighted by molar-refractivity contribution is 0.763. The van der Waals surface area contributed by atoms with Crippen LogP contribution in [0.3, 0.4) is 0 Å². The van der Waals surface area contributed by atoms with E-state index in [4.69, 9.17) is 5.73 Å². The molecule has 1 aromatic rings. The van der Waals surface area contributed by atoms with Crippen LogP contribution in [-0.4, -0.2) is 0 Å². The molecule has 0 amide bonds. The normalized spacial score (nSPS) is 9.42. The summed E-state index contributed by atoms with van der Waals surface area (Å²) in [6.45, 7) is 6.75. The molecule has 1 nitrogen and oxygen atoms in total. The Kier molecular flexibility index (Phi) is 2.29. The fraction of sp³-hybridized carbons (Fsp3) is 0. The van der Waals surface area contributed by atoms with Gasteiger partial charge in [0.15, 0.2) is 0 Å². The SMILES string of the molecule is C=Cc1c(N)cccc1C(=C)F. The van der Waals surface area contributed by atoms with Crippen LogP contribution in [0.4, 0.5) is 10.1 Å². The second kappa shape index (κ2) is 3.22. The van der Waals surface area contributed by atoms with E-state index in [1.807, 2.05) is 0 Å². The lowest BCUT2D eigenvalue weighted by atomic mass is 10.1. The van der Waals surface area contributed by atoms with Gasteiger partial charge in [-0.15, -0.1) is 0 Å². The van der Waals surface area contributed by atoms with Gasteiger partial charge in [0.05, 0.1) is 0 Å². The average molecular weight is 163 g/mol. The summed E-state index contributed by atoms with van der Waals surface area (Å²) in [6, 6.07) is 5.00. The van der Waals surface area contributed by atoms with Crippen molar-refractivity contribution in [2.45, 2.75) is 0 Å². The monoisotopic (exact) mass is 163 g/mol. The summed E-state index contributed by atoms with van der Waals surface area (Å²) < 4.78 is 12.8. The molecule has 0 aliphatic rings. The van der Waals surface area contributed by atoms with Crippen LogP contribution in [0.5, 0.6) is 0 Å². The largest absolute Gasteiger partial charge is 0.398 e. The fourth-order valence-electron chi connectivity index (χ4n) is 1.05. The minimum Gasteiger partial charge on any atom is -0.398 e. The van der Waals surface area contributed by atoms with Crippen molar-refractivity contribution < 1.29 is 4.39 Å². The van der Waals surface area contributed by atoms with Crippen LogP contribution >= 0.6 is 0 Å².